The molecule has 3 N–H and O–H groups in total. The van der Waals surface area contributed by atoms with Gasteiger partial charge in [-0.15, -0.1) is 0 Å². The number of carbonyl (C=O) groups excluding carboxylic acids is 1. The second-order valence-corrected chi connectivity index (χ2v) is 5.90. The average molecular weight is 290 g/mol. The first kappa shape index (κ1) is 14.2. The number of nitrogens with one attached hydrogen (secondary N) is 1. The highest BCUT2D eigenvalue weighted by Gasteiger charge is 2.28. The SMILES string of the molecule is NC1CCCC(CNC(=O)C2COc3ccccc3O2)C1. The molecule has 0 bridgehead atoms. The van der Waals surface area contributed by atoms with Crippen LogP contribution in [-0.4, -0.2) is 31.2 Å². The minimum Gasteiger partial charge on any atom is -0.485 e. The van der Waals surface area contributed by atoms with E-state index in [9.17, 15) is 4.79 Å². The molecule has 1 heterocycles. The lowest BCUT2D eigenvalue weighted by Crippen LogP contribution is -2.46. The van der Waals surface area contributed by atoms with Crippen LogP contribution in [-0.2, 0) is 4.79 Å². The van der Waals surface area contributed by atoms with Gasteiger partial charge in [-0.2, -0.15) is 0 Å². The van der Waals surface area contributed by atoms with Crippen LogP contribution < -0.4 is 20.5 Å². The van der Waals surface area contributed by atoms with Crippen LogP contribution in [0.3, 0.4) is 0 Å². The quantitative estimate of drug-likeness (QED) is 0.884. The standard InChI is InChI=1S/C16H22N2O3/c17-12-5-3-4-11(8-12)9-18-16(19)15-10-20-13-6-1-2-7-14(13)21-15/h1-2,6-7,11-12,15H,3-5,8-10,17H2,(H,18,19). The molecular weight excluding hydrogens is 268 g/mol. The third kappa shape index (κ3) is 3.47. The third-order valence-corrected chi connectivity index (χ3v) is 4.19. The molecule has 1 saturated carbocycles. The van der Waals surface area contributed by atoms with Gasteiger partial charge in [-0.05, 0) is 37.3 Å². The molecule has 5 nitrogen and oxygen atoms in total. The fraction of sp³-hybridized carbons (Fsp3) is 0.562. The fourth-order valence-electron chi connectivity index (χ4n) is 3.03. The van der Waals surface area contributed by atoms with Gasteiger partial charge in [0.2, 0.25) is 6.10 Å². The number of hydrogen-bond acceptors (Lipinski definition) is 4. The molecule has 2 aliphatic rings. The number of hydrogen-bond donors (Lipinski definition) is 2. The molecule has 21 heavy (non-hydrogen) atoms. The maximum Gasteiger partial charge on any atom is 0.264 e. The Morgan fingerprint density at radius 3 is 2.90 bits per heavy atom. The van der Waals surface area contributed by atoms with Crippen molar-refractivity contribution in [1.82, 2.24) is 5.32 Å². The van der Waals surface area contributed by atoms with Crippen LogP contribution in [0.15, 0.2) is 24.3 Å². The van der Waals surface area contributed by atoms with Gasteiger partial charge in [-0.3, -0.25) is 4.79 Å². The summed E-state index contributed by atoms with van der Waals surface area (Å²) in [6.07, 6.45) is 3.81. The Bertz CT molecular complexity index is 506. The molecule has 1 aliphatic heterocycles. The van der Waals surface area contributed by atoms with Crippen LogP contribution >= 0.6 is 0 Å². The molecule has 0 spiro atoms. The van der Waals surface area contributed by atoms with Crippen molar-refractivity contribution in [2.75, 3.05) is 13.2 Å². The molecule has 1 aromatic carbocycles. The molecule has 114 valence electrons. The van der Waals surface area contributed by atoms with Crippen LogP contribution in [0.5, 0.6) is 11.5 Å². The lowest BCUT2D eigenvalue weighted by atomic mass is 9.86. The highest BCUT2D eigenvalue weighted by Crippen LogP contribution is 2.31. The second-order valence-electron chi connectivity index (χ2n) is 5.90. The number of nitrogens with two attached hydrogens (primary N) is 1. The van der Waals surface area contributed by atoms with E-state index in [4.69, 9.17) is 15.2 Å². The summed E-state index contributed by atoms with van der Waals surface area (Å²) < 4.78 is 11.3. The summed E-state index contributed by atoms with van der Waals surface area (Å²) in [5.74, 6) is 1.70. The lowest BCUT2D eigenvalue weighted by Gasteiger charge is -2.29. The molecule has 1 aromatic rings. The van der Waals surface area contributed by atoms with Gasteiger partial charge >= 0.3 is 0 Å². The number of ether oxygens (including phenoxy) is 2. The summed E-state index contributed by atoms with van der Waals surface area (Å²) in [6, 6.07) is 7.68. The Morgan fingerprint density at radius 2 is 2.10 bits per heavy atom. The van der Waals surface area contributed by atoms with Gasteiger partial charge in [-0.25, -0.2) is 0 Å². The van der Waals surface area contributed by atoms with E-state index in [1.807, 2.05) is 24.3 Å². The minimum absolute atomic E-state index is 0.108. The van der Waals surface area contributed by atoms with E-state index >= 15 is 0 Å². The van der Waals surface area contributed by atoms with E-state index in [1.165, 1.54) is 0 Å². The molecule has 1 amide bonds. The van der Waals surface area contributed by atoms with Gasteiger partial charge in [0.15, 0.2) is 11.5 Å². The predicted molar refractivity (Wildman–Crippen MR) is 79.3 cm³/mol. The number of rotatable bonds is 3. The van der Waals surface area contributed by atoms with Crippen LogP contribution in [0.1, 0.15) is 25.7 Å². The van der Waals surface area contributed by atoms with Gasteiger partial charge < -0.3 is 20.5 Å². The Morgan fingerprint density at radius 1 is 1.29 bits per heavy atom. The van der Waals surface area contributed by atoms with E-state index in [-0.39, 0.29) is 18.6 Å². The van der Waals surface area contributed by atoms with Crippen LogP contribution in [0.4, 0.5) is 0 Å². The highest BCUT2D eigenvalue weighted by molar-refractivity contribution is 5.81. The molecular formula is C16H22N2O3. The fourth-order valence-corrected chi connectivity index (χ4v) is 3.03. The van der Waals surface area contributed by atoms with E-state index in [1.54, 1.807) is 0 Å². The zero-order valence-electron chi connectivity index (χ0n) is 12.1. The first-order valence-electron chi connectivity index (χ1n) is 7.64. The van der Waals surface area contributed by atoms with Crippen molar-refractivity contribution in [3.05, 3.63) is 24.3 Å². The molecule has 3 rings (SSSR count). The number of amides is 1. The van der Waals surface area contributed by atoms with Crippen molar-refractivity contribution in [3.8, 4) is 11.5 Å². The monoisotopic (exact) mass is 290 g/mol. The minimum atomic E-state index is -0.572. The van der Waals surface area contributed by atoms with Crippen molar-refractivity contribution in [3.63, 3.8) is 0 Å². The summed E-state index contributed by atoms with van der Waals surface area (Å²) in [5.41, 5.74) is 5.97. The summed E-state index contributed by atoms with van der Waals surface area (Å²) >= 11 is 0. The number of carbonyl (C=O) groups is 1. The predicted octanol–water partition coefficient (Wildman–Crippen LogP) is 1.46. The van der Waals surface area contributed by atoms with Crippen LogP contribution in [0.2, 0.25) is 0 Å². The zero-order chi connectivity index (χ0) is 14.7. The summed E-state index contributed by atoms with van der Waals surface area (Å²) in [6.45, 7) is 0.932. The molecule has 5 heteroatoms. The summed E-state index contributed by atoms with van der Waals surface area (Å²) in [7, 11) is 0. The summed E-state index contributed by atoms with van der Waals surface area (Å²) in [5, 5.41) is 2.97. The van der Waals surface area contributed by atoms with E-state index in [2.05, 4.69) is 5.32 Å². The summed E-state index contributed by atoms with van der Waals surface area (Å²) in [4.78, 5) is 12.2. The Balaban J connectivity index is 1.50. The van der Waals surface area contributed by atoms with Crippen molar-refractivity contribution >= 4 is 5.91 Å². The molecule has 1 aliphatic carbocycles. The Kier molecular flexibility index (Phi) is 4.29. The lowest BCUT2D eigenvalue weighted by molar-refractivity contribution is -0.130. The molecule has 3 atom stereocenters. The Hall–Kier alpha value is -1.75. The van der Waals surface area contributed by atoms with E-state index < -0.39 is 6.10 Å². The number of fused-ring (bicyclic) bond motifs is 1. The first-order valence-corrected chi connectivity index (χ1v) is 7.64. The number of para-hydroxylation sites is 2. The van der Waals surface area contributed by atoms with E-state index in [0.717, 1.165) is 25.7 Å². The average Bonchev–Trinajstić information content (AvgIpc) is 2.52. The topological polar surface area (TPSA) is 73.6 Å². The van der Waals surface area contributed by atoms with Crippen LogP contribution in [0, 0.1) is 5.92 Å². The third-order valence-electron chi connectivity index (χ3n) is 4.19. The van der Waals surface area contributed by atoms with Crippen molar-refractivity contribution in [2.24, 2.45) is 11.7 Å². The highest BCUT2D eigenvalue weighted by atomic mass is 16.6. The van der Waals surface area contributed by atoms with Gasteiger partial charge in [0, 0.05) is 12.6 Å². The zero-order valence-corrected chi connectivity index (χ0v) is 12.1. The smallest absolute Gasteiger partial charge is 0.264 e. The number of benzene rings is 1. The maximum absolute atomic E-state index is 12.2. The normalized spacial score (nSPS) is 28.0. The van der Waals surface area contributed by atoms with Crippen molar-refractivity contribution < 1.29 is 14.3 Å². The maximum atomic E-state index is 12.2. The van der Waals surface area contributed by atoms with Gasteiger partial charge in [-0.1, -0.05) is 18.6 Å². The van der Waals surface area contributed by atoms with Crippen LogP contribution in [0.25, 0.3) is 0 Å². The van der Waals surface area contributed by atoms with Gasteiger partial charge in [0.1, 0.15) is 6.61 Å². The molecule has 0 aromatic heterocycles. The molecule has 1 fully saturated rings. The Labute approximate surface area is 124 Å². The van der Waals surface area contributed by atoms with Gasteiger partial charge in [0.25, 0.3) is 5.91 Å². The van der Waals surface area contributed by atoms with E-state index in [0.29, 0.717) is 24.0 Å². The molecule has 0 saturated heterocycles. The molecule has 0 radical (unpaired) electrons. The largest absolute Gasteiger partial charge is 0.485 e. The molecule has 3 unspecified atom stereocenters. The second kappa shape index (κ2) is 6.35. The van der Waals surface area contributed by atoms with Crippen molar-refractivity contribution in [1.29, 1.82) is 0 Å². The van der Waals surface area contributed by atoms with Gasteiger partial charge in [0.05, 0.1) is 0 Å². The first-order chi connectivity index (χ1) is 10.2. The van der Waals surface area contributed by atoms with Crippen molar-refractivity contribution in [2.45, 2.75) is 37.8 Å².